The number of hydrogen-bond acceptors (Lipinski definition) is 3. The molecule has 0 aromatic heterocycles. The second-order valence-corrected chi connectivity index (χ2v) is 5.80. The van der Waals surface area contributed by atoms with E-state index in [1.165, 1.54) is 0 Å². The van der Waals surface area contributed by atoms with Crippen molar-refractivity contribution in [2.24, 2.45) is 11.3 Å². The summed E-state index contributed by atoms with van der Waals surface area (Å²) in [7, 11) is 0. The maximum atomic E-state index is 11.9. The van der Waals surface area contributed by atoms with E-state index in [1.54, 1.807) is 4.90 Å². The van der Waals surface area contributed by atoms with E-state index >= 15 is 0 Å². The van der Waals surface area contributed by atoms with E-state index in [2.05, 4.69) is 13.8 Å². The summed E-state index contributed by atoms with van der Waals surface area (Å²) in [6.07, 6.45) is 1.13. The average Bonchev–Trinajstić information content (AvgIpc) is 2.66. The van der Waals surface area contributed by atoms with Crippen molar-refractivity contribution in [1.29, 1.82) is 0 Å². The van der Waals surface area contributed by atoms with Gasteiger partial charge in [0.15, 0.2) is 0 Å². The average molecular weight is 255 g/mol. The molecule has 2 aliphatic rings. The monoisotopic (exact) mass is 255 g/mol. The van der Waals surface area contributed by atoms with Crippen molar-refractivity contribution < 1.29 is 19.4 Å². The molecule has 0 aromatic rings. The summed E-state index contributed by atoms with van der Waals surface area (Å²) in [6.45, 7) is 7.16. The number of rotatable bonds is 4. The Bertz CT molecular complexity index is 366. The third kappa shape index (κ3) is 2.00. The second-order valence-electron chi connectivity index (χ2n) is 5.80. The summed E-state index contributed by atoms with van der Waals surface area (Å²) in [5.41, 5.74) is -0.0843. The van der Waals surface area contributed by atoms with Gasteiger partial charge in [0.2, 0.25) is 5.91 Å². The van der Waals surface area contributed by atoms with Gasteiger partial charge in [0.05, 0.1) is 12.0 Å². The van der Waals surface area contributed by atoms with Crippen LogP contribution in [0.4, 0.5) is 0 Å². The maximum Gasteiger partial charge on any atom is 0.308 e. The first kappa shape index (κ1) is 13.3. The molecule has 1 aliphatic heterocycles. The van der Waals surface area contributed by atoms with Crippen molar-refractivity contribution in [3.63, 3.8) is 0 Å². The lowest BCUT2D eigenvalue weighted by Gasteiger charge is -2.54. The zero-order chi connectivity index (χ0) is 13.5. The fraction of sp³-hybridized carbons (Fsp3) is 0.846. The van der Waals surface area contributed by atoms with Crippen molar-refractivity contribution in [3.8, 4) is 0 Å². The summed E-state index contributed by atoms with van der Waals surface area (Å²) in [5.74, 6) is -1.45. The zero-order valence-corrected chi connectivity index (χ0v) is 11.2. The van der Waals surface area contributed by atoms with Gasteiger partial charge in [-0.3, -0.25) is 9.59 Å². The van der Waals surface area contributed by atoms with Gasteiger partial charge in [-0.25, -0.2) is 0 Å². The molecule has 2 fully saturated rings. The lowest BCUT2D eigenvalue weighted by Crippen LogP contribution is -2.62. The number of carboxylic acids is 1. The Morgan fingerprint density at radius 2 is 2.22 bits per heavy atom. The lowest BCUT2D eigenvalue weighted by molar-refractivity contribution is -0.162. The first-order valence-electron chi connectivity index (χ1n) is 6.51. The van der Waals surface area contributed by atoms with Crippen LogP contribution in [0.25, 0.3) is 0 Å². The van der Waals surface area contributed by atoms with Crippen LogP contribution in [-0.2, 0) is 14.3 Å². The number of amides is 1. The molecular formula is C13H21NO4. The van der Waals surface area contributed by atoms with Gasteiger partial charge in [0, 0.05) is 31.0 Å². The van der Waals surface area contributed by atoms with Crippen LogP contribution in [0.2, 0.25) is 0 Å². The molecule has 0 aromatic carbocycles. The molecule has 1 saturated heterocycles. The lowest BCUT2D eigenvalue weighted by atomic mass is 9.63. The summed E-state index contributed by atoms with van der Waals surface area (Å²) in [6, 6.07) is 0.117. The molecule has 102 valence electrons. The van der Waals surface area contributed by atoms with Crippen molar-refractivity contribution >= 4 is 11.9 Å². The van der Waals surface area contributed by atoms with E-state index in [-0.39, 0.29) is 29.9 Å². The van der Waals surface area contributed by atoms with Gasteiger partial charge in [-0.05, 0) is 13.3 Å². The van der Waals surface area contributed by atoms with Crippen LogP contribution in [0.15, 0.2) is 0 Å². The molecule has 1 amide bonds. The third-order valence-corrected chi connectivity index (χ3v) is 4.38. The number of ether oxygens (including phenoxy) is 1. The van der Waals surface area contributed by atoms with Gasteiger partial charge < -0.3 is 14.7 Å². The molecule has 2 rings (SSSR count). The molecule has 3 unspecified atom stereocenters. The Kier molecular flexibility index (Phi) is 3.36. The van der Waals surface area contributed by atoms with E-state index in [0.29, 0.717) is 13.2 Å². The van der Waals surface area contributed by atoms with Crippen LogP contribution in [-0.4, -0.2) is 47.2 Å². The summed E-state index contributed by atoms with van der Waals surface area (Å²) in [4.78, 5) is 24.6. The summed E-state index contributed by atoms with van der Waals surface area (Å²) < 4.78 is 5.64. The Hall–Kier alpha value is -1.10. The number of carbonyl (C=O) groups is 2. The summed E-state index contributed by atoms with van der Waals surface area (Å²) in [5, 5.41) is 8.98. The third-order valence-electron chi connectivity index (χ3n) is 4.38. The molecule has 1 N–H and O–H groups in total. The van der Waals surface area contributed by atoms with E-state index < -0.39 is 11.9 Å². The summed E-state index contributed by atoms with van der Waals surface area (Å²) >= 11 is 0. The molecule has 5 nitrogen and oxygen atoms in total. The van der Waals surface area contributed by atoms with Crippen LogP contribution in [0.3, 0.4) is 0 Å². The molecule has 18 heavy (non-hydrogen) atoms. The van der Waals surface area contributed by atoms with Crippen molar-refractivity contribution in [1.82, 2.24) is 4.90 Å². The van der Waals surface area contributed by atoms with Crippen molar-refractivity contribution in [3.05, 3.63) is 0 Å². The predicted molar refractivity (Wildman–Crippen MR) is 65.1 cm³/mol. The van der Waals surface area contributed by atoms with Crippen LogP contribution in [0.1, 0.15) is 33.6 Å². The molecule has 0 bridgehead atoms. The smallest absolute Gasteiger partial charge is 0.308 e. The van der Waals surface area contributed by atoms with E-state index in [0.717, 1.165) is 6.42 Å². The van der Waals surface area contributed by atoms with Crippen LogP contribution < -0.4 is 0 Å². The van der Waals surface area contributed by atoms with Gasteiger partial charge >= 0.3 is 5.97 Å². The highest BCUT2D eigenvalue weighted by molar-refractivity contribution is 5.86. The van der Waals surface area contributed by atoms with Gasteiger partial charge in [-0.1, -0.05) is 13.8 Å². The molecule has 3 atom stereocenters. The predicted octanol–water partition coefficient (Wildman–Crippen LogP) is 1.12. The molecular weight excluding hydrogens is 234 g/mol. The number of nitrogens with zero attached hydrogens (tertiary/aromatic N) is 1. The molecule has 5 heteroatoms. The Morgan fingerprint density at radius 3 is 2.67 bits per heavy atom. The number of aliphatic carboxylic acids is 1. The number of likely N-dealkylation sites (tertiary alicyclic amines) is 1. The number of carboxylic acid groups (broad SMARTS) is 1. The SMILES string of the molecule is CCOC1CC(N2CC(C(=O)O)CC2=O)C1(C)C. The Labute approximate surface area is 107 Å². The topological polar surface area (TPSA) is 66.8 Å². The maximum absolute atomic E-state index is 11.9. The van der Waals surface area contributed by atoms with Gasteiger partial charge in [-0.15, -0.1) is 0 Å². The Balaban J connectivity index is 2.02. The van der Waals surface area contributed by atoms with E-state index in [1.807, 2.05) is 6.92 Å². The molecule has 0 spiro atoms. The minimum Gasteiger partial charge on any atom is -0.481 e. The highest BCUT2D eigenvalue weighted by Gasteiger charge is 2.54. The van der Waals surface area contributed by atoms with E-state index in [4.69, 9.17) is 9.84 Å². The van der Waals surface area contributed by atoms with Gasteiger partial charge in [0.25, 0.3) is 0 Å². The second kappa shape index (κ2) is 4.53. The highest BCUT2D eigenvalue weighted by Crippen LogP contribution is 2.47. The minimum absolute atomic E-state index is 0.0320. The Morgan fingerprint density at radius 1 is 1.56 bits per heavy atom. The first-order valence-corrected chi connectivity index (χ1v) is 6.51. The fourth-order valence-corrected chi connectivity index (χ4v) is 3.08. The largest absolute Gasteiger partial charge is 0.481 e. The van der Waals surface area contributed by atoms with Crippen molar-refractivity contribution in [2.75, 3.05) is 13.2 Å². The number of hydrogen-bond donors (Lipinski definition) is 1. The van der Waals surface area contributed by atoms with Crippen molar-refractivity contribution in [2.45, 2.75) is 45.8 Å². The highest BCUT2D eigenvalue weighted by atomic mass is 16.5. The van der Waals surface area contributed by atoms with Crippen LogP contribution in [0, 0.1) is 11.3 Å². The van der Waals surface area contributed by atoms with Crippen LogP contribution in [0.5, 0.6) is 0 Å². The fourth-order valence-electron chi connectivity index (χ4n) is 3.08. The molecule has 0 radical (unpaired) electrons. The normalized spacial score (nSPS) is 34.5. The molecule has 1 saturated carbocycles. The zero-order valence-electron chi connectivity index (χ0n) is 11.2. The first-order chi connectivity index (χ1) is 8.37. The van der Waals surface area contributed by atoms with Crippen LogP contribution >= 0.6 is 0 Å². The van der Waals surface area contributed by atoms with Gasteiger partial charge in [0.1, 0.15) is 0 Å². The molecule has 1 aliphatic carbocycles. The van der Waals surface area contributed by atoms with Gasteiger partial charge in [-0.2, -0.15) is 0 Å². The molecule has 1 heterocycles. The van der Waals surface area contributed by atoms with E-state index in [9.17, 15) is 9.59 Å². The quantitative estimate of drug-likeness (QED) is 0.817. The number of carbonyl (C=O) groups excluding carboxylic acids is 1. The standard InChI is InChI=1S/C13H21NO4/c1-4-18-10-6-9(13(10,2)3)14-7-8(12(16)17)5-11(14)15/h8-10H,4-7H2,1-3H3,(H,16,17). The minimum atomic E-state index is -0.871.